The maximum atomic E-state index is 10.1. The van der Waals surface area contributed by atoms with E-state index < -0.39 is 23.9 Å². The highest BCUT2D eigenvalue weighted by atomic mass is 16.6. The number of hydrogen-bond acceptors (Lipinski definition) is 7. The van der Waals surface area contributed by atoms with Gasteiger partial charge in [-0.25, -0.2) is 19.2 Å². The zero-order chi connectivity index (χ0) is 18.4. The van der Waals surface area contributed by atoms with Crippen molar-refractivity contribution < 1.29 is 33.8 Å². The van der Waals surface area contributed by atoms with Gasteiger partial charge in [0.05, 0.1) is 7.11 Å². The van der Waals surface area contributed by atoms with Gasteiger partial charge in [0.2, 0.25) is 0 Å². The molecule has 1 aromatic carbocycles. The standard InChI is InChI=1S/C8H8.C5H6O4.C4H2O3.H3N/c1-2-8-6-4-3-5-7-8;1-9-5(8)3-2-4(6)7;5-3-1-2-4(6)7-3;/h2-7H,1H2;2-3H,1H3,(H,6,7);1-2H;1H3/b;3-2-;;. The van der Waals surface area contributed by atoms with Gasteiger partial charge in [-0.1, -0.05) is 43.0 Å². The Morgan fingerprint density at radius 2 is 1.60 bits per heavy atom. The molecule has 25 heavy (non-hydrogen) atoms. The summed E-state index contributed by atoms with van der Waals surface area (Å²) in [5, 5.41) is 7.96. The van der Waals surface area contributed by atoms with Crippen molar-refractivity contribution in [2.45, 2.75) is 0 Å². The summed E-state index contributed by atoms with van der Waals surface area (Å²) in [6, 6.07) is 10.0. The Hall–Kier alpha value is -3.52. The molecule has 0 aromatic heterocycles. The number of aliphatic carboxylic acids is 1. The molecule has 4 N–H and O–H groups in total. The molecule has 1 aliphatic heterocycles. The molecule has 0 radical (unpaired) electrons. The van der Waals surface area contributed by atoms with Crippen molar-refractivity contribution in [3.63, 3.8) is 0 Å². The molecule has 0 aliphatic carbocycles. The van der Waals surface area contributed by atoms with E-state index in [0.29, 0.717) is 6.08 Å². The molecule has 0 bridgehead atoms. The van der Waals surface area contributed by atoms with Crippen LogP contribution in [0.3, 0.4) is 0 Å². The largest absolute Gasteiger partial charge is 0.478 e. The number of cyclic esters (lactones) is 2. The van der Waals surface area contributed by atoms with Gasteiger partial charge in [-0.15, -0.1) is 0 Å². The molecule has 8 heteroatoms. The first-order valence-electron chi connectivity index (χ1n) is 6.49. The van der Waals surface area contributed by atoms with Gasteiger partial charge < -0.3 is 20.7 Å². The van der Waals surface area contributed by atoms with E-state index in [9.17, 15) is 19.2 Å². The smallest absolute Gasteiger partial charge is 0.338 e. The SMILES string of the molecule is C=Cc1ccccc1.COC(=O)/C=C\C(=O)O.N.O=C1C=CC(=O)O1. The first-order chi connectivity index (χ1) is 11.4. The number of hydrogen-bond donors (Lipinski definition) is 2. The van der Waals surface area contributed by atoms with Gasteiger partial charge in [-0.2, -0.15) is 0 Å². The summed E-state index contributed by atoms with van der Waals surface area (Å²) in [7, 11) is 1.18. The average Bonchev–Trinajstić information content (AvgIpc) is 2.97. The van der Waals surface area contributed by atoms with Crippen molar-refractivity contribution >= 4 is 30.0 Å². The molecule has 1 aliphatic rings. The summed E-state index contributed by atoms with van der Waals surface area (Å²) in [4.78, 5) is 39.7. The first kappa shape index (κ1) is 23.7. The summed E-state index contributed by atoms with van der Waals surface area (Å²) in [5.74, 6) is -2.99. The highest BCUT2D eigenvalue weighted by Crippen LogP contribution is 1.97. The number of benzene rings is 1. The lowest BCUT2D eigenvalue weighted by Crippen LogP contribution is -1.96. The van der Waals surface area contributed by atoms with Gasteiger partial charge in [-0.05, 0) is 5.56 Å². The topological polar surface area (TPSA) is 142 Å². The molecule has 0 spiro atoms. The third-order valence-electron chi connectivity index (χ3n) is 2.16. The minimum atomic E-state index is -1.17. The molecule has 0 saturated heterocycles. The first-order valence-corrected chi connectivity index (χ1v) is 6.49. The Balaban J connectivity index is 0. The van der Waals surface area contributed by atoms with Gasteiger partial charge in [0.15, 0.2) is 0 Å². The summed E-state index contributed by atoms with van der Waals surface area (Å²) in [6.07, 6.45) is 5.55. The van der Waals surface area contributed by atoms with Gasteiger partial charge in [0.25, 0.3) is 0 Å². The van der Waals surface area contributed by atoms with Crippen LogP contribution >= 0.6 is 0 Å². The van der Waals surface area contributed by atoms with Crippen LogP contribution in [0.2, 0.25) is 0 Å². The number of ether oxygens (including phenoxy) is 2. The second-order valence-electron chi connectivity index (χ2n) is 3.88. The molecule has 1 aromatic rings. The number of esters is 3. The molecule has 1 heterocycles. The van der Waals surface area contributed by atoms with Crippen LogP contribution in [0, 0.1) is 0 Å². The monoisotopic (exact) mass is 349 g/mol. The number of methoxy groups -OCH3 is 1. The van der Waals surface area contributed by atoms with Crippen LogP contribution in [0.15, 0.2) is 61.2 Å². The molecule has 134 valence electrons. The van der Waals surface area contributed by atoms with Gasteiger partial charge in [0, 0.05) is 24.3 Å². The zero-order valence-electron chi connectivity index (χ0n) is 13.6. The number of carboxylic acids is 1. The fourth-order valence-electron chi connectivity index (χ4n) is 1.10. The van der Waals surface area contributed by atoms with Gasteiger partial charge in [0.1, 0.15) is 0 Å². The van der Waals surface area contributed by atoms with Crippen molar-refractivity contribution in [1.29, 1.82) is 0 Å². The molecule has 8 nitrogen and oxygen atoms in total. The highest BCUT2D eigenvalue weighted by molar-refractivity contribution is 6.04. The predicted molar refractivity (Wildman–Crippen MR) is 90.6 cm³/mol. The Morgan fingerprint density at radius 1 is 1.08 bits per heavy atom. The predicted octanol–water partition coefficient (Wildman–Crippen LogP) is 1.92. The van der Waals surface area contributed by atoms with Crippen molar-refractivity contribution in [3.05, 3.63) is 66.8 Å². The summed E-state index contributed by atoms with van der Waals surface area (Å²) in [5.41, 5.74) is 1.17. The highest BCUT2D eigenvalue weighted by Gasteiger charge is 2.10. The van der Waals surface area contributed by atoms with Crippen molar-refractivity contribution in [3.8, 4) is 0 Å². The molecule has 0 saturated carbocycles. The van der Waals surface area contributed by atoms with E-state index >= 15 is 0 Å². The molecule has 0 fully saturated rings. The lowest BCUT2D eigenvalue weighted by atomic mass is 10.2. The molecule has 0 amide bonds. The quantitative estimate of drug-likeness (QED) is 0.479. The maximum absolute atomic E-state index is 10.1. The summed E-state index contributed by atoms with van der Waals surface area (Å²) < 4.78 is 8.08. The van der Waals surface area contributed by atoms with Gasteiger partial charge in [-0.3, -0.25) is 0 Å². The van der Waals surface area contributed by atoms with Crippen LogP contribution in [0.5, 0.6) is 0 Å². The third kappa shape index (κ3) is 13.8. The van der Waals surface area contributed by atoms with E-state index in [1.165, 1.54) is 12.7 Å². The molecular weight excluding hydrogens is 330 g/mol. The molecule has 2 rings (SSSR count). The van der Waals surface area contributed by atoms with Crippen LogP contribution in [0.1, 0.15) is 5.56 Å². The summed E-state index contributed by atoms with van der Waals surface area (Å²) in [6.45, 7) is 3.63. The van der Waals surface area contributed by atoms with E-state index in [1.54, 1.807) is 0 Å². The average molecular weight is 349 g/mol. The number of carbonyl (C=O) groups is 4. The maximum Gasteiger partial charge on any atom is 0.338 e. The van der Waals surface area contributed by atoms with Crippen molar-refractivity contribution in [2.75, 3.05) is 7.11 Å². The normalized spacial score (nSPS) is 11.1. The number of carboxylic acid groups (broad SMARTS) is 1. The second kappa shape index (κ2) is 14.1. The van der Waals surface area contributed by atoms with Crippen LogP contribution in [-0.2, 0) is 28.7 Å². The Morgan fingerprint density at radius 3 is 1.88 bits per heavy atom. The minimum absolute atomic E-state index is 0. The van der Waals surface area contributed by atoms with Crippen LogP contribution in [0.25, 0.3) is 6.08 Å². The van der Waals surface area contributed by atoms with E-state index in [2.05, 4.69) is 16.1 Å². The Labute approximate surface area is 144 Å². The minimum Gasteiger partial charge on any atom is -0.478 e. The van der Waals surface area contributed by atoms with E-state index in [1.807, 2.05) is 36.4 Å². The van der Waals surface area contributed by atoms with E-state index in [0.717, 1.165) is 18.2 Å². The zero-order valence-corrected chi connectivity index (χ0v) is 13.6. The van der Waals surface area contributed by atoms with Gasteiger partial charge >= 0.3 is 23.9 Å². The van der Waals surface area contributed by atoms with E-state index in [4.69, 9.17) is 5.11 Å². The fourth-order valence-corrected chi connectivity index (χ4v) is 1.10. The fraction of sp³-hybridized carbons (Fsp3) is 0.0588. The van der Waals surface area contributed by atoms with Crippen LogP contribution < -0.4 is 6.15 Å². The Bertz CT molecular complexity index is 632. The lowest BCUT2D eigenvalue weighted by molar-refractivity contribution is -0.150. The summed E-state index contributed by atoms with van der Waals surface area (Å²) >= 11 is 0. The van der Waals surface area contributed by atoms with E-state index in [-0.39, 0.29) is 6.15 Å². The number of rotatable bonds is 3. The third-order valence-corrected chi connectivity index (χ3v) is 2.16. The second-order valence-corrected chi connectivity index (χ2v) is 3.88. The van der Waals surface area contributed by atoms with Crippen LogP contribution in [-0.4, -0.2) is 36.1 Å². The Kier molecular flexibility index (Phi) is 13.4. The molecule has 0 atom stereocenters. The number of carbonyl (C=O) groups excluding carboxylic acids is 3. The van der Waals surface area contributed by atoms with Crippen molar-refractivity contribution in [2.24, 2.45) is 0 Å². The molecular formula is C17H19NO7. The molecule has 0 unspecified atom stereocenters. The lowest BCUT2D eigenvalue weighted by Gasteiger charge is -1.85. The van der Waals surface area contributed by atoms with Crippen LogP contribution in [0.4, 0.5) is 0 Å². The van der Waals surface area contributed by atoms with Crippen molar-refractivity contribution in [1.82, 2.24) is 6.15 Å².